The molecule has 0 saturated heterocycles. The van der Waals surface area contributed by atoms with Crippen molar-refractivity contribution in [3.05, 3.63) is 17.1 Å². The highest BCUT2D eigenvalue weighted by Gasteiger charge is 2.22. The Balaban J connectivity index is 2.24. The molecule has 0 radical (unpaired) electrons. The van der Waals surface area contributed by atoms with Crippen molar-refractivity contribution in [1.29, 1.82) is 0 Å². The summed E-state index contributed by atoms with van der Waals surface area (Å²) < 4.78 is 9.14. The quantitative estimate of drug-likeness (QED) is 0.355. The van der Waals surface area contributed by atoms with Crippen molar-refractivity contribution in [2.24, 2.45) is 0 Å². The third-order valence-electron chi connectivity index (χ3n) is 3.32. The van der Waals surface area contributed by atoms with Crippen LogP contribution in [0.25, 0.3) is 0 Å². The number of hydrogen-bond acceptors (Lipinski definition) is 7. The molecular weight excluding hydrogens is 292 g/mol. The molecule has 1 unspecified atom stereocenters. The van der Waals surface area contributed by atoms with Gasteiger partial charge in [-0.25, -0.2) is 0 Å². The van der Waals surface area contributed by atoms with Crippen LogP contribution in [0.15, 0.2) is 11.9 Å². The number of esters is 2. The molecule has 0 aromatic carbocycles. The molecule has 0 fully saturated rings. The Hall–Kier alpha value is -1.64. The average Bonchev–Trinajstić information content (AvgIpc) is 2.87. The zero-order valence-corrected chi connectivity index (χ0v) is 13.1. The first-order valence-corrected chi connectivity index (χ1v) is 7.40. The number of carbonyl (C=O) groups is 2. The number of carbonyl (C=O) groups excluding carboxylic acids is 2. The smallest absolute Gasteiger partial charge is 0.305 e. The maximum absolute atomic E-state index is 11.3. The predicted octanol–water partition coefficient (Wildman–Crippen LogP) is 0.449. The molecule has 8 heteroatoms. The van der Waals surface area contributed by atoms with Crippen LogP contribution in [0, 0.1) is 5.21 Å². The van der Waals surface area contributed by atoms with Gasteiger partial charge in [0, 0.05) is 12.8 Å². The second kappa shape index (κ2) is 10.1. The van der Waals surface area contributed by atoms with E-state index in [0.29, 0.717) is 38.6 Å². The summed E-state index contributed by atoms with van der Waals surface area (Å²) in [6, 6.07) is 0. The van der Waals surface area contributed by atoms with Crippen LogP contribution in [0.5, 0.6) is 0 Å². The summed E-state index contributed by atoms with van der Waals surface area (Å²) in [5.41, 5.74) is 0.813. The summed E-state index contributed by atoms with van der Waals surface area (Å²) in [6.07, 6.45) is 5.75. The van der Waals surface area contributed by atoms with Crippen LogP contribution >= 0.6 is 0 Å². The summed E-state index contributed by atoms with van der Waals surface area (Å²) in [5, 5.41) is 12.5. The minimum atomic E-state index is -0.379. The number of allylic oxidation sites excluding steroid dienone is 1. The van der Waals surface area contributed by atoms with E-state index < -0.39 is 0 Å². The fourth-order valence-corrected chi connectivity index (χ4v) is 2.09. The molecule has 0 aliphatic carbocycles. The van der Waals surface area contributed by atoms with Crippen molar-refractivity contribution >= 4 is 11.9 Å². The van der Waals surface area contributed by atoms with E-state index in [9.17, 15) is 14.8 Å². The topological polar surface area (TPSA) is 92.6 Å². The molecule has 1 N–H and O–H groups in total. The van der Waals surface area contributed by atoms with E-state index in [0.717, 1.165) is 18.5 Å². The van der Waals surface area contributed by atoms with Gasteiger partial charge in [0.1, 0.15) is 5.70 Å². The van der Waals surface area contributed by atoms with Crippen LogP contribution in [0.4, 0.5) is 0 Å². The number of methoxy groups -OCH3 is 2. The number of hydroxylamine groups is 4. The molecule has 1 heterocycles. The van der Waals surface area contributed by atoms with Gasteiger partial charge >= 0.3 is 11.9 Å². The highest BCUT2D eigenvalue weighted by Crippen LogP contribution is 2.16. The van der Waals surface area contributed by atoms with Gasteiger partial charge in [0.2, 0.25) is 0 Å². The first-order chi connectivity index (χ1) is 10.6. The average molecular weight is 316 g/mol. The molecule has 1 aliphatic rings. The maximum Gasteiger partial charge on any atom is 0.305 e. The fraction of sp³-hybridized carbons (Fsp3) is 0.714. The van der Waals surface area contributed by atoms with E-state index in [1.165, 1.54) is 20.4 Å². The third-order valence-corrected chi connectivity index (χ3v) is 3.32. The molecule has 22 heavy (non-hydrogen) atoms. The van der Waals surface area contributed by atoms with Gasteiger partial charge in [-0.2, -0.15) is 10.3 Å². The number of nitrogens with one attached hydrogen (secondary N) is 1. The van der Waals surface area contributed by atoms with Crippen LogP contribution in [0.2, 0.25) is 0 Å². The van der Waals surface area contributed by atoms with Crippen LogP contribution in [-0.2, 0) is 24.0 Å². The van der Waals surface area contributed by atoms with E-state index in [2.05, 4.69) is 9.47 Å². The molecule has 0 aromatic heterocycles. The first kappa shape index (κ1) is 18.4. The molecular formula is C14H24N2O6. The Bertz CT molecular complexity index is 399. The second-order valence-corrected chi connectivity index (χ2v) is 4.96. The van der Waals surface area contributed by atoms with Gasteiger partial charge in [-0.05, 0) is 32.1 Å². The van der Waals surface area contributed by atoms with Crippen molar-refractivity contribution < 1.29 is 29.2 Å². The lowest BCUT2D eigenvalue weighted by molar-refractivity contribution is -1.03. The number of nitrogens with zero attached hydrogens (tertiary/aromatic N) is 1. The Kier molecular flexibility index (Phi) is 8.49. The van der Waals surface area contributed by atoms with Crippen LogP contribution in [0.1, 0.15) is 44.9 Å². The lowest BCUT2D eigenvalue weighted by atomic mass is 10.1. The van der Waals surface area contributed by atoms with Crippen molar-refractivity contribution in [2.75, 3.05) is 20.8 Å². The zero-order chi connectivity index (χ0) is 16.4. The molecule has 0 amide bonds. The number of rotatable bonds is 10. The van der Waals surface area contributed by atoms with Gasteiger partial charge < -0.3 is 14.7 Å². The van der Waals surface area contributed by atoms with Crippen molar-refractivity contribution in [2.45, 2.75) is 44.9 Å². The Labute approximate surface area is 130 Å². The van der Waals surface area contributed by atoms with Crippen LogP contribution in [0.3, 0.4) is 0 Å². The molecule has 1 rings (SSSR count). The van der Waals surface area contributed by atoms with Crippen LogP contribution < -0.4 is 5.23 Å². The molecule has 126 valence electrons. The van der Waals surface area contributed by atoms with E-state index in [-0.39, 0.29) is 17.2 Å². The summed E-state index contributed by atoms with van der Waals surface area (Å²) in [5.74, 6) is -0.468. The SMILES string of the molecule is COC(=O)CCCCC1=C[NH+]([O-])ON1CCCCC(=O)OC. The first-order valence-electron chi connectivity index (χ1n) is 7.40. The van der Waals surface area contributed by atoms with Gasteiger partial charge in [-0.15, -0.1) is 0 Å². The van der Waals surface area contributed by atoms with E-state index >= 15 is 0 Å². The summed E-state index contributed by atoms with van der Waals surface area (Å²) >= 11 is 0. The lowest BCUT2D eigenvalue weighted by Crippen LogP contribution is -3.00. The molecule has 8 nitrogen and oxygen atoms in total. The number of unbranched alkanes of at least 4 members (excludes halogenated alkanes) is 2. The van der Waals surface area contributed by atoms with Gasteiger partial charge in [-0.3, -0.25) is 9.59 Å². The molecule has 0 spiro atoms. The van der Waals surface area contributed by atoms with Crippen molar-refractivity contribution in [3.8, 4) is 0 Å². The molecule has 0 aromatic rings. The standard InChI is InChI=1S/C14H24N2O6/c1-20-13(17)8-4-3-7-12-11-16(19)22-15(12)10-6-5-9-14(18)21-2/h11,16H,3-10H2,1-2H3. The summed E-state index contributed by atoms with van der Waals surface area (Å²) in [4.78, 5) is 27.1. The zero-order valence-electron chi connectivity index (χ0n) is 13.1. The Morgan fingerprint density at radius 2 is 1.73 bits per heavy atom. The van der Waals surface area contributed by atoms with Gasteiger partial charge in [0.15, 0.2) is 6.20 Å². The predicted molar refractivity (Wildman–Crippen MR) is 76.6 cm³/mol. The third kappa shape index (κ3) is 6.88. The largest absolute Gasteiger partial charge is 0.593 e. The fourth-order valence-electron chi connectivity index (χ4n) is 2.09. The van der Waals surface area contributed by atoms with Gasteiger partial charge in [0.25, 0.3) is 0 Å². The number of quaternary nitrogens is 1. The van der Waals surface area contributed by atoms with Crippen LogP contribution in [-0.4, -0.2) is 37.8 Å². The number of ether oxygens (including phenoxy) is 2. The normalized spacial score (nSPS) is 17.3. The van der Waals surface area contributed by atoms with Gasteiger partial charge in [0.05, 0.1) is 20.8 Å². The molecule has 1 aliphatic heterocycles. The molecule has 1 atom stereocenters. The minimum Gasteiger partial charge on any atom is -0.593 e. The molecule has 0 saturated carbocycles. The van der Waals surface area contributed by atoms with E-state index in [1.54, 1.807) is 5.06 Å². The second-order valence-electron chi connectivity index (χ2n) is 4.96. The van der Waals surface area contributed by atoms with E-state index in [4.69, 9.17) is 4.94 Å². The Morgan fingerprint density at radius 1 is 1.14 bits per heavy atom. The van der Waals surface area contributed by atoms with E-state index in [1.807, 2.05) is 0 Å². The van der Waals surface area contributed by atoms with Crippen molar-refractivity contribution in [1.82, 2.24) is 5.06 Å². The number of hydrogen-bond donors (Lipinski definition) is 1. The lowest BCUT2D eigenvalue weighted by Gasteiger charge is -2.18. The molecule has 0 bridgehead atoms. The monoisotopic (exact) mass is 316 g/mol. The Morgan fingerprint density at radius 3 is 2.32 bits per heavy atom. The minimum absolute atomic E-state index is 0.229. The summed E-state index contributed by atoms with van der Waals surface area (Å²) in [7, 11) is 2.73. The van der Waals surface area contributed by atoms with Crippen molar-refractivity contribution in [3.63, 3.8) is 0 Å². The van der Waals surface area contributed by atoms with Gasteiger partial charge in [-0.1, -0.05) is 4.94 Å². The maximum atomic E-state index is 11.3. The highest BCUT2D eigenvalue weighted by molar-refractivity contribution is 5.69. The highest BCUT2D eigenvalue weighted by atomic mass is 17.0. The summed E-state index contributed by atoms with van der Waals surface area (Å²) in [6.45, 7) is 0.547.